The predicted octanol–water partition coefficient (Wildman–Crippen LogP) is 4.66. The number of H-pyrrole nitrogens is 1. The summed E-state index contributed by atoms with van der Waals surface area (Å²) >= 11 is 12.2. The molecule has 3 heterocycles. The third-order valence-corrected chi connectivity index (χ3v) is 8.78. The summed E-state index contributed by atoms with van der Waals surface area (Å²) < 4.78 is 8.16. The molecule has 0 radical (unpaired) electrons. The summed E-state index contributed by atoms with van der Waals surface area (Å²) in [5, 5.41) is 4.40. The number of nitrogens with one attached hydrogen (secondary N) is 2. The van der Waals surface area contributed by atoms with Crippen molar-refractivity contribution in [1.29, 1.82) is 0 Å². The van der Waals surface area contributed by atoms with Crippen molar-refractivity contribution >= 4 is 76.8 Å². The topological polar surface area (TPSA) is 93.2 Å². The Kier molecular flexibility index (Phi) is 6.23. The van der Waals surface area contributed by atoms with E-state index in [9.17, 15) is 14.4 Å². The Morgan fingerprint density at radius 2 is 1.97 bits per heavy atom. The van der Waals surface area contributed by atoms with Crippen LogP contribution in [0.15, 0.2) is 41.2 Å². The van der Waals surface area contributed by atoms with E-state index < -0.39 is 5.97 Å². The zero-order valence-corrected chi connectivity index (χ0v) is 21.9. The fraction of sp³-hybridized carbons (Fsp3) is 0.160. The van der Waals surface area contributed by atoms with Gasteiger partial charge in [0.15, 0.2) is 0 Å². The second-order valence-electron chi connectivity index (χ2n) is 8.11. The van der Waals surface area contributed by atoms with Crippen molar-refractivity contribution in [3.8, 4) is 0 Å². The summed E-state index contributed by atoms with van der Waals surface area (Å²) in [5.74, 6) is -0.752. The number of amides is 1. The zero-order valence-electron chi connectivity index (χ0n) is 18.7. The second kappa shape index (κ2) is 9.21. The van der Waals surface area contributed by atoms with Gasteiger partial charge in [-0.25, -0.2) is 0 Å². The summed E-state index contributed by atoms with van der Waals surface area (Å²) in [7, 11) is 0. The molecule has 1 aliphatic rings. The second-order valence-corrected chi connectivity index (χ2v) is 11.2. The van der Waals surface area contributed by atoms with Crippen molar-refractivity contribution in [2.24, 2.45) is 0 Å². The van der Waals surface area contributed by atoms with Crippen LogP contribution in [0.2, 0.25) is 10.0 Å². The summed E-state index contributed by atoms with van der Waals surface area (Å²) in [5.41, 5.74) is 3.92. The first-order chi connectivity index (χ1) is 16.7. The number of esters is 1. The van der Waals surface area contributed by atoms with E-state index in [4.69, 9.17) is 27.9 Å². The van der Waals surface area contributed by atoms with Crippen LogP contribution in [0.4, 0.5) is 5.69 Å². The monoisotopic (exact) mass is 575 g/mol. The van der Waals surface area contributed by atoms with E-state index in [2.05, 4.69) is 10.3 Å². The molecule has 0 saturated heterocycles. The molecule has 0 aliphatic carbocycles. The molecule has 0 saturated carbocycles. The molecule has 0 fully saturated rings. The van der Waals surface area contributed by atoms with Gasteiger partial charge in [-0.05, 0) is 12.1 Å². The maximum absolute atomic E-state index is 12.9. The summed E-state index contributed by atoms with van der Waals surface area (Å²) in [6, 6.07) is 10.6. The fourth-order valence-corrected chi connectivity index (χ4v) is 6.65. The van der Waals surface area contributed by atoms with Crippen molar-refractivity contribution < 1.29 is 14.3 Å². The molecule has 0 spiro atoms. The Labute approximate surface area is 216 Å². The molecule has 0 unspecified atom stereocenters. The number of benzene rings is 2. The van der Waals surface area contributed by atoms with Crippen LogP contribution >= 0.6 is 23.2 Å². The third-order valence-electron chi connectivity index (χ3n) is 5.88. The Balaban J connectivity index is 1.35. The van der Waals surface area contributed by atoms with Gasteiger partial charge in [-0.2, -0.15) is 0 Å². The van der Waals surface area contributed by atoms with E-state index >= 15 is 0 Å². The number of fused-ring (bicyclic) bond motifs is 2. The minimum absolute atomic E-state index is 0.0694. The van der Waals surface area contributed by atoms with Gasteiger partial charge in [0.25, 0.3) is 0 Å². The molecule has 4 aromatic rings. The molecule has 35 heavy (non-hydrogen) atoms. The number of carbonyl (C=O) groups excluding carboxylic acids is 2. The van der Waals surface area contributed by atoms with Crippen LogP contribution in [0.3, 0.4) is 0 Å². The standard InChI is InChI=1S/C25H19Cl2N3O4Se/c1-12-19(11-16-22-17(27)4-3-5-18(22)29-23(16)31)28-13(2)21(12)25(33)34-9-8-30-24(32)15-10-14(26)6-7-20(15)35-30/h3-7,10-11,28H,8-9H2,1-2H3,(H,29,31)/b16-11-. The van der Waals surface area contributed by atoms with Crippen LogP contribution in [0.1, 0.15) is 32.9 Å². The first kappa shape index (κ1) is 23.7. The van der Waals surface area contributed by atoms with Crippen molar-refractivity contribution in [2.45, 2.75) is 20.4 Å². The van der Waals surface area contributed by atoms with Crippen LogP contribution in [0.5, 0.6) is 0 Å². The van der Waals surface area contributed by atoms with E-state index in [-0.39, 0.29) is 32.8 Å². The van der Waals surface area contributed by atoms with Crippen molar-refractivity contribution in [2.75, 3.05) is 11.9 Å². The summed E-state index contributed by atoms with van der Waals surface area (Å²) in [4.78, 5) is 41.2. The van der Waals surface area contributed by atoms with Gasteiger partial charge in [0.1, 0.15) is 0 Å². The number of hydrogen-bond donors (Lipinski definition) is 2. The van der Waals surface area contributed by atoms with Crippen molar-refractivity contribution in [3.05, 3.63) is 84.9 Å². The Bertz CT molecular complexity index is 1610. The number of hydrogen-bond acceptors (Lipinski definition) is 4. The van der Waals surface area contributed by atoms with E-state index in [1.807, 2.05) is 6.07 Å². The third kappa shape index (κ3) is 4.28. The molecule has 7 nitrogen and oxygen atoms in total. The molecule has 0 bridgehead atoms. The molecule has 178 valence electrons. The molecular formula is C25H19Cl2N3O4Se. The zero-order chi connectivity index (χ0) is 24.9. The summed E-state index contributed by atoms with van der Waals surface area (Å²) in [6.07, 6.45) is 1.69. The number of carbonyl (C=O) groups is 2. The number of anilines is 1. The van der Waals surface area contributed by atoms with Gasteiger partial charge in [-0.15, -0.1) is 0 Å². The number of rotatable bonds is 5. The quantitative estimate of drug-likeness (QED) is 0.206. The number of ether oxygens (including phenoxy) is 1. The van der Waals surface area contributed by atoms with Crippen LogP contribution in [0.25, 0.3) is 21.3 Å². The van der Waals surface area contributed by atoms with E-state index in [1.54, 1.807) is 53.8 Å². The Morgan fingerprint density at radius 1 is 1.17 bits per heavy atom. The molecule has 1 aliphatic heterocycles. The first-order valence-corrected chi connectivity index (χ1v) is 13.1. The van der Waals surface area contributed by atoms with Gasteiger partial charge in [0.2, 0.25) is 0 Å². The SMILES string of the molecule is Cc1[nH]c(/C=C2\C(=O)Nc3cccc(Cl)c32)c(C)c1C(=O)OCCn1[se]c2ccc(Cl)cc2c1=O. The van der Waals surface area contributed by atoms with Crippen molar-refractivity contribution in [1.82, 2.24) is 8.55 Å². The molecule has 2 N–H and O–H groups in total. The van der Waals surface area contributed by atoms with Crippen LogP contribution in [-0.4, -0.2) is 41.8 Å². The van der Waals surface area contributed by atoms with Gasteiger partial charge in [-0.3, -0.25) is 0 Å². The number of nitrogens with zero attached hydrogens (tertiary/aromatic N) is 1. The summed E-state index contributed by atoms with van der Waals surface area (Å²) in [6.45, 7) is 3.93. The average Bonchev–Trinajstić information content (AvgIpc) is 3.40. The van der Waals surface area contributed by atoms with Gasteiger partial charge >= 0.3 is 187 Å². The van der Waals surface area contributed by atoms with Gasteiger partial charge < -0.3 is 0 Å². The number of halogens is 2. The Hall–Kier alpha value is -3.03. The average molecular weight is 575 g/mol. The number of aromatic amines is 1. The fourth-order valence-electron chi connectivity index (χ4n) is 4.20. The normalized spacial score (nSPS) is 13.9. The number of aromatic nitrogens is 2. The van der Waals surface area contributed by atoms with Crippen LogP contribution in [-0.2, 0) is 16.1 Å². The Morgan fingerprint density at radius 3 is 2.77 bits per heavy atom. The molecule has 5 rings (SSSR count). The molecule has 10 heteroatoms. The number of aryl methyl sites for hydroxylation is 1. The van der Waals surface area contributed by atoms with Crippen molar-refractivity contribution in [3.63, 3.8) is 0 Å². The molecule has 2 aromatic carbocycles. The molecule has 0 atom stereocenters. The van der Waals surface area contributed by atoms with E-state index in [0.717, 1.165) is 4.26 Å². The molecule has 1 amide bonds. The van der Waals surface area contributed by atoms with E-state index in [1.165, 1.54) is 0 Å². The van der Waals surface area contributed by atoms with Crippen LogP contribution in [0, 0.1) is 13.8 Å². The van der Waals surface area contributed by atoms with Gasteiger partial charge in [-0.1, -0.05) is 17.7 Å². The predicted molar refractivity (Wildman–Crippen MR) is 139 cm³/mol. The first-order valence-electron chi connectivity index (χ1n) is 10.7. The maximum atomic E-state index is 12.9. The van der Waals surface area contributed by atoms with E-state index in [0.29, 0.717) is 61.3 Å². The minimum atomic E-state index is -0.491. The van der Waals surface area contributed by atoms with Gasteiger partial charge in [0, 0.05) is 0 Å². The van der Waals surface area contributed by atoms with Gasteiger partial charge in [0.05, 0.1) is 0 Å². The molecule has 2 aromatic heterocycles. The molecular weight excluding hydrogens is 556 g/mol. The van der Waals surface area contributed by atoms with Crippen LogP contribution < -0.4 is 10.9 Å².